The lowest BCUT2D eigenvalue weighted by molar-refractivity contribution is -0.920. The summed E-state index contributed by atoms with van der Waals surface area (Å²) in [5, 5.41) is 0. The van der Waals surface area contributed by atoms with Crippen molar-refractivity contribution >= 4 is 0 Å². The Morgan fingerprint density at radius 3 is 1.27 bits per heavy atom. The summed E-state index contributed by atoms with van der Waals surface area (Å²) in [4.78, 5) is 0. The molecule has 194 valence electrons. The first-order chi connectivity index (χ1) is 15.6. The molecule has 0 aromatic heterocycles. The van der Waals surface area contributed by atoms with Crippen LogP contribution in [0.3, 0.4) is 0 Å². The van der Waals surface area contributed by atoms with Gasteiger partial charge in [-0.2, -0.15) is 0 Å². The van der Waals surface area contributed by atoms with Crippen LogP contribution < -0.4 is 12.4 Å². The number of benzene rings is 1. The van der Waals surface area contributed by atoms with E-state index in [9.17, 15) is 0 Å². The number of unbranched alkanes of at least 4 members (excludes halogenated alkanes) is 17. The molecule has 1 aromatic rings. The van der Waals surface area contributed by atoms with E-state index in [1.54, 1.807) is 0 Å². The fourth-order valence-electron chi connectivity index (χ4n) is 5.05. The Bertz CT molecular complexity index is 513. The molecule has 0 aliphatic heterocycles. The smallest absolute Gasteiger partial charge is 0.114 e. The monoisotopic (exact) mass is 479 g/mol. The average Bonchev–Trinajstić information content (AvgIpc) is 2.81. The third-order valence-corrected chi connectivity index (χ3v) is 7.67. The van der Waals surface area contributed by atoms with Gasteiger partial charge < -0.3 is 16.9 Å². The highest BCUT2D eigenvalue weighted by Gasteiger charge is 2.27. The fourth-order valence-corrected chi connectivity index (χ4v) is 5.05. The Labute approximate surface area is 215 Å². The molecule has 1 aromatic carbocycles. The first-order valence-electron chi connectivity index (χ1n) is 14.5. The molecule has 1 unspecified atom stereocenters. The number of hydrogen-bond donors (Lipinski definition) is 0. The molecule has 0 fully saturated rings. The molecule has 0 aliphatic rings. The molecule has 0 spiro atoms. The Balaban J connectivity index is 0.0000102. The van der Waals surface area contributed by atoms with Gasteiger partial charge in [0.2, 0.25) is 0 Å². The summed E-state index contributed by atoms with van der Waals surface area (Å²) in [6.07, 6.45) is 27.4. The highest BCUT2D eigenvalue weighted by molar-refractivity contribution is 5.17. The van der Waals surface area contributed by atoms with Crippen molar-refractivity contribution in [2.24, 2.45) is 0 Å². The quantitative estimate of drug-likeness (QED) is 0.121. The first kappa shape index (κ1) is 32.5. The largest absolute Gasteiger partial charge is 1.00 e. The minimum Gasteiger partial charge on any atom is -1.00 e. The van der Waals surface area contributed by atoms with Crippen LogP contribution >= 0.6 is 0 Å². The minimum atomic E-state index is 0. The highest BCUT2D eigenvalue weighted by Crippen LogP contribution is 2.30. The van der Waals surface area contributed by atoms with Crippen molar-refractivity contribution < 1.29 is 16.9 Å². The van der Waals surface area contributed by atoms with Crippen LogP contribution in [-0.4, -0.2) is 25.1 Å². The Kier molecular flexibility index (Phi) is 21.6. The van der Waals surface area contributed by atoms with Crippen molar-refractivity contribution in [2.45, 2.75) is 142 Å². The lowest BCUT2D eigenvalue weighted by Gasteiger charge is -2.37. The van der Waals surface area contributed by atoms with Gasteiger partial charge in [-0.1, -0.05) is 146 Å². The van der Waals surface area contributed by atoms with E-state index in [4.69, 9.17) is 0 Å². The third kappa shape index (κ3) is 16.7. The second-order valence-electron chi connectivity index (χ2n) is 10.8. The number of hydrogen-bond acceptors (Lipinski definition) is 0. The van der Waals surface area contributed by atoms with Crippen LogP contribution in [0.15, 0.2) is 30.3 Å². The zero-order chi connectivity index (χ0) is 23.3. The molecule has 0 N–H and O–H groups in total. The molecule has 1 atom stereocenters. The summed E-state index contributed by atoms with van der Waals surface area (Å²) in [5.74, 6) is 0. The van der Waals surface area contributed by atoms with E-state index in [1.165, 1.54) is 134 Å². The van der Waals surface area contributed by atoms with Gasteiger partial charge in [-0.05, 0) is 13.3 Å². The van der Waals surface area contributed by atoms with Crippen LogP contribution in [0.25, 0.3) is 0 Å². The van der Waals surface area contributed by atoms with Crippen LogP contribution in [-0.2, 0) is 0 Å². The van der Waals surface area contributed by atoms with E-state index >= 15 is 0 Å². The van der Waals surface area contributed by atoms with Gasteiger partial charge in [0.05, 0.1) is 20.6 Å². The molecule has 0 heterocycles. The van der Waals surface area contributed by atoms with E-state index in [-0.39, 0.29) is 12.4 Å². The summed E-state index contributed by atoms with van der Waals surface area (Å²) in [7, 11) is 4.79. The molecule has 0 amide bonds. The van der Waals surface area contributed by atoms with Crippen LogP contribution in [0.4, 0.5) is 0 Å². The number of quaternary nitrogens is 1. The fraction of sp³-hybridized carbons (Fsp3) is 0.806. The second kappa shape index (κ2) is 22.0. The van der Waals surface area contributed by atoms with Gasteiger partial charge in [0.15, 0.2) is 0 Å². The highest BCUT2D eigenvalue weighted by atomic mass is 35.5. The number of rotatable bonds is 22. The maximum Gasteiger partial charge on any atom is 0.114 e. The first-order valence-corrected chi connectivity index (χ1v) is 14.5. The molecule has 0 saturated heterocycles. The van der Waals surface area contributed by atoms with Gasteiger partial charge in [0.1, 0.15) is 6.04 Å². The SMILES string of the molecule is CCCCCCCCCCCCCCCCCCCCC(c1ccccc1)[N+](C)(C)CC.[Cl-]. The van der Waals surface area contributed by atoms with Gasteiger partial charge in [-0.3, -0.25) is 0 Å². The lowest BCUT2D eigenvalue weighted by atomic mass is 9.96. The van der Waals surface area contributed by atoms with Crippen molar-refractivity contribution in [3.05, 3.63) is 35.9 Å². The molecular formula is C31H58ClN. The summed E-state index contributed by atoms with van der Waals surface area (Å²) >= 11 is 0. The summed E-state index contributed by atoms with van der Waals surface area (Å²) in [5.41, 5.74) is 1.52. The predicted octanol–water partition coefficient (Wildman–Crippen LogP) is 7.26. The Hall–Kier alpha value is -0.530. The van der Waals surface area contributed by atoms with E-state index in [0.717, 1.165) is 4.48 Å². The van der Waals surface area contributed by atoms with Gasteiger partial charge in [-0.15, -0.1) is 0 Å². The Morgan fingerprint density at radius 2 is 0.909 bits per heavy atom. The van der Waals surface area contributed by atoms with Crippen LogP contribution in [0.1, 0.15) is 147 Å². The van der Waals surface area contributed by atoms with Crippen molar-refractivity contribution in [1.82, 2.24) is 0 Å². The maximum atomic E-state index is 2.40. The molecule has 2 heteroatoms. The normalized spacial score (nSPS) is 12.5. The summed E-state index contributed by atoms with van der Waals surface area (Å²) in [6.45, 7) is 5.82. The van der Waals surface area contributed by atoms with E-state index in [1.807, 2.05) is 0 Å². The molecule has 0 saturated carbocycles. The van der Waals surface area contributed by atoms with Gasteiger partial charge in [0.25, 0.3) is 0 Å². The van der Waals surface area contributed by atoms with Crippen molar-refractivity contribution in [1.29, 1.82) is 0 Å². The molecule has 1 rings (SSSR count). The van der Waals surface area contributed by atoms with Crippen molar-refractivity contribution in [2.75, 3.05) is 20.6 Å². The van der Waals surface area contributed by atoms with Crippen LogP contribution in [0.2, 0.25) is 0 Å². The van der Waals surface area contributed by atoms with Crippen molar-refractivity contribution in [3.63, 3.8) is 0 Å². The second-order valence-corrected chi connectivity index (χ2v) is 10.8. The zero-order valence-electron chi connectivity index (χ0n) is 22.9. The Morgan fingerprint density at radius 1 is 0.545 bits per heavy atom. The third-order valence-electron chi connectivity index (χ3n) is 7.67. The lowest BCUT2D eigenvalue weighted by Crippen LogP contribution is -3.00. The summed E-state index contributed by atoms with van der Waals surface area (Å²) < 4.78 is 1.10. The van der Waals surface area contributed by atoms with Gasteiger partial charge in [0, 0.05) is 12.0 Å². The zero-order valence-corrected chi connectivity index (χ0v) is 23.7. The number of halogens is 1. The van der Waals surface area contributed by atoms with E-state index < -0.39 is 0 Å². The molecular weight excluding hydrogens is 422 g/mol. The average molecular weight is 480 g/mol. The van der Waals surface area contributed by atoms with Crippen LogP contribution in [0.5, 0.6) is 0 Å². The molecule has 0 bridgehead atoms. The minimum absolute atomic E-state index is 0. The maximum absolute atomic E-state index is 2.40. The topological polar surface area (TPSA) is 0 Å². The van der Waals surface area contributed by atoms with E-state index in [2.05, 4.69) is 58.3 Å². The summed E-state index contributed by atoms with van der Waals surface area (Å²) in [6, 6.07) is 11.8. The molecule has 33 heavy (non-hydrogen) atoms. The standard InChI is InChI=1S/C31H58N.ClH/c1-5-7-8-9-10-11-12-13-14-15-16-17-18-19-20-21-22-26-29-31(32(3,4)6-2)30-27-24-23-25-28-30;/h23-25,27-28,31H,5-22,26,29H2,1-4H3;1H/q+1;/p-1. The van der Waals surface area contributed by atoms with E-state index in [0.29, 0.717) is 6.04 Å². The predicted molar refractivity (Wildman–Crippen MR) is 145 cm³/mol. The van der Waals surface area contributed by atoms with Crippen LogP contribution in [0, 0.1) is 0 Å². The molecule has 1 nitrogen and oxygen atoms in total. The van der Waals surface area contributed by atoms with Crippen molar-refractivity contribution in [3.8, 4) is 0 Å². The molecule has 0 aliphatic carbocycles. The van der Waals surface area contributed by atoms with Gasteiger partial charge in [-0.25, -0.2) is 0 Å². The molecule has 0 radical (unpaired) electrons. The number of nitrogens with zero attached hydrogens (tertiary/aromatic N) is 1. The van der Waals surface area contributed by atoms with Gasteiger partial charge >= 0.3 is 0 Å².